The number of para-hydroxylation sites is 1. The average Bonchev–Trinajstić information content (AvgIpc) is 2.40. The average molecular weight is 299 g/mol. The van der Waals surface area contributed by atoms with Crippen LogP contribution < -0.4 is 5.32 Å². The van der Waals surface area contributed by atoms with E-state index in [2.05, 4.69) is 5.32 Å². The van der Waals surface area contributed by atoms with E-state index in [0.717, 1.165) is 18.2 Å². The molecular formula is C14H9F4NO2. The lowest BCUT2D eigenvalue weighted by atomic mass is 10.1. The molecular weight excluding hydrogens is 290 g/mol. The second kappa shape index (κ2) is 5.43. The van der Waals surface area contributed by atoms with Crippen molar-refractivity contribution in [3.05, 3.63) is 59.4 Å². The molecule has 0 saturated carbocycles. The number of hydrogen-bond acceptors (Lipinski definition) is 2. The van der Waals surface area contributed by atoms with Crippen molar-refractivity contribution in [3.63, 3.8) is 0 Å². The van der Waals surface area contributed by atoms with E-state index in [1.54, 1.807) is 0 Å². The van der Waals surface area contributed by atoms with E-state index in [0.29, 0.717) is 6.07 Å². The molecule has 0 heterocycles. The Morgan fingerprint density at radius 1 is 1.05 bits per heavy atom. The van der Waals surface area contributed by atoms with Gasteiger partial charge in [-0.2, -0.15) is 13.2 Å². The van der Waals surface area contributed by atoms with Gasteiger partial charge in [-0.1, -0.05) is 12.1 Å². The van der Waals surface area contributed by atoms with Crippen molar-refractivity contribution in [1.29, 1.82) is 0 Å². The summed E-state index contributed by atoms with van der Waals surface area (Å²) >= 11 is 0. The molecule has 0 aliphatic carbocycles. The van der Waals surface area contributed by atoms with Gasteiger partial charge in [0, 0.05) is 0 Å². The maximum absolute atomic E-state index is 13.5. The van der Waals surface area contributed by atoms with Crippen molar-refractivity contribution in [2.24, 2.45) is 0 Å². The lowest BCUT2D eigenvalue weighted by Crippen LogP contribution is -2.09. The SMILES string of the molecule is O=C(O)c1cc(C(F)(F)F)ccc1Nc1ccccc1F. The van der Waals surface area contributed by atoms with Gasteiger partial charge in [-0.15, -0.1) is 0 Å². The predicted molar refractivity (Wildman–Crippen MR) is 68.1 cm³/mol. The molecule has 0 bridgehead atoms. The second-order valence-electron chi connectivity index (χ2n) is 4.17. The highest BCUT2D eigenvalue weighted by molar-refractivity contribution is 5.95. The highest BCUT2D eigenvalue weighted by Crippen LogP contribution is 2.33. The summed E-state index contributed by atoms with van der Waals surface area (Å²) in [6.07, 6.45) is -4.65. The van der Waals surface area contributed by atoms with E-state index >= 15 is 0 Å². The van der Waals surface area contributed by atoms with Gasteiger partial charge >= 0.3 is 12.1 Å². The second-order valence-corrected chi connectivity index (χ2v) is 4.17. The van der Waals surface area contributed by atoms with Crippen molar-refractivity contribution in [2.45, 2.75) is 6.18 Å². The lowest BCUT2D eigenvalue weighted by molar-refractivity contribution is -0.137. The Labute approximate surface area is 116 Å². The Kier molecular flexibility index (Phi) is 3.84. The first-order valence-corrected chi connectivity index (χ1v) is 5.75. The van der Waals surface area contributed by atoms with E-state index in [1.165, 1.54) is 18.2 Å². The zero-order valence-corrected chi connectivity index (χ0v) is 10.4. The quantitative estimate of drug-likeness (QED) is 0.831. The third kappa shape index (κ3) is 3.31. The highest BCUT2D eigenvalue weighted by atomic mass is 19.4. The summed E-state index contributed by atoms with van der Waals surface area (Å²) in [6, 6.07) is 7.63. The molecule has 7 heteroatoms. The minimum atomic E-state index is -4.65. The number of benzene rings is 2. The van der Waals surface area contributed by atoms with Crippen molar-refractivity contribution >= 4 is 17.3 Å². The van der Waals surface area contributed by atoms with Gasteiger partial charge in [0.2, 0.25) is 0 Å². The third-order valence-electron chi connectivity index (χ3n) is 2.72. The van der Waals surface area contributed by atoms with Gasteiger partial charge in [0.25, 0.3) is 0 Å². The summed E-state index contributed by atoms with van der Waals surface area (Å²) < 4.78 is 51.2. The van der Waals surface area contributed by atoms with E-state index in [1.807, 2.05) is 0 Å². The van der Waals surface area contributed by atoms with Crippen LogP contribution in [-0.2, 0) is 6.18 Å². The van der Waals surface area contributed by atoms with Crippen molar-refractivity contribution < 1.29 is 27.5 Å². The summed E-state index contributed by atoms with van der Waals surface area (Å²) in [5.41, 5.74) is -1.83. The Hall–Kier alpha value is -2.57. The van der Waals surface area contributed by atoms with Crippen LogP contribution >= 0.6 is 0 Å². The van der Waals surface area contributed by atoms with Crippen LogP contribution in [0.5, 0.6) is 0 Å². The molecule has 0 amide bonds. The van der Waals surface area contributed by atoms with Crippen LogP contribution in [0.2, 0.25) is 0 Å². The first kappa shape index (κ1) is 14.8. The van der Waals surface area contributed by atoms with Crippen molar-refractivity contribution in [1.82, 2.24) is 0 Å². The van der Waals surface area contributed by atoms with Gasteiger partial charge in [0.05, 0.1) is 22.5 Å². The largest absolute Gasteiger partial charge is 0.478 e. The maximum atomic E-state index is 13.5. The zero-order valence-electron chi connectivity index (χ0n) is 10.4. The molecule has 0 spiro atoms. The zero-order chi connectivity index (χ0) is 15.6. The van der Waals surface area contributed by atoms with Gasteiger partial charge in [0.15, 0.2) is 0 Å². The summed E-state index contributed by atoms with van der Waals surface area (Å²) in [7, 11) is 0. The van der Waals surface area contributed by atoms with E-state index in [9.17, 15) is 22.4 Å². The number of carboxylic acids is 1. The summed E-state index contributed by atoms with van der Waals surface area (Å²) in [5, 5.41) is 11.5. The highest BCUT2D eigenvalue weighted by Gasteiger charge is 2.31. The Bertz CT molecular complexity index is 683. The maximum Gasteiger partial charge on any atom is 0.416 e. The molecule has 0 aliphatic rings. The first-order valence-electron chi connectivity index (χ1n) is 5.75. The topological polar surface area (TPSA) is 49.3 Å². The van der Waals surface area contributed by atoms with Crippen LogP contribution in [0.4, 0.5) is 28.9 Å². The molecule has 21 heavy (non-hydrogen) atoms. The molecule has 2 aromatic carbocycles. The van der Waals surface area contributed by atoms with Gasteiger partial charge in [-0.05, 0) is 30.3 Å². The number of anilines is 2. The molecule has 110 valence electrons. The number of rotatable bonds is 3. The number of hydrogen-bond donors (Lipinski definition) is 2. The number of nitrogens with one attached hydrogen (secondary N) is 1. The van der Waals surface area contributed by atoms with Crippen molar-refractivity contribution in [2.75, 3.05) is 5.32 Å². The molecule has 2 rings (SSSR count). The van der Waals surface area contributed by atoms with Crippen LogP contribution in [-0.4, -0.2) is 11.1 Å². The summed E-state index contributed by atoms with van der Waals surface area (Å²) in [4.78, 5) is 11.1. The van der Waals surface area contributed by atoms with E-state index in [4.69, 9.17) is 5.11 Å². The molecule has 2 N–H and O–H groups in total. The molecule has 0 aromatic heterocycles. The van der Waals surface area contributed by atoms with Crippen LogP contribution in [0.25, 0.3) is 0 Å². The number of alkyl halides is 3. The Morgan fingerprint density at radius 2 is 1.71 bits per heavy atom. The van der Waals surface area contributed by atoms with Gasteiger partial charge in [0.1, 0.15) is 5.82 Å². The van der Waals surface area contributed by atoms with Crippen LogP contribution in [0.1, 0.15) is 15.9 Å². The first-order chi connectivity index (χ1) is 9.79. The predicted octanol–water partition coefficient (Wildman–Crippen LogP) is 4.29. The van der Waals surface area contributed by atoms with E-state index in [-0.39, 0.29) is 11.4 Å². The fourth-order valence-electron chi connectivity index (χ4n) is 1.71. The lowest BCUT2D eigenvalue weighted by Gasteiger charge is -2.13. The fourth-order valence-corrected chi connectivity index (χ4v) is 1.71. The van der Waals surface area contributed by atoms with Crippen LogP contribution in [0, 0.1) is 5.82 Å². The molecule has 2 aromatic rings. The molecule has 0 fully saturated rings. The number of carboxylic acid groups (broad SMARTS) is 1. The number of halogens is 4. The molecule has 0 aliphatic heterocycles. The molecule has 0 saturated heterocycles. The minimum absolute atomic E-state index is 0.0280. The van der Waals surface area contributed by atoms with Crippen molar-refractivity contribution in [3.8, 4) is 0 Å². The van der Waals surface area contributed by atoms with E-state index < -0.39 is 29.1 Å². The number of aromatic carboxylic acids is 1. The Morgan fingerprint density at radius 3 is 2.29 bits per heavy atom. The molecule has 0 atom stereocenters. The van der Waals surface area contributed by atoms with Gasteiger partial charge in [-0.25, -0.2) is 9.18 Å². The Balaban J connectivity index is 2.45. The number of carbonyl (C=O) groups is 1. The van der Waals surface area contributed by atoms with Gasteiger partial charge in [-0.3, -0.25) is 0 Å². The minimum Gasteiger partial charge on any atom is -0.478 e. The third-order valence-corrected chi connectivity index (χ3v) is 2.72. The van der Waals surface area contributed by atoms with Crippen LogP contribution in [0.3, 0.4) is 0 Å². The molecule has 0 unspecified atom stereocenters. The molecule has 0 radical (unpaired) electrons. The fraction of sp³-hybridized carbons (Fsp3) is 0.0714. The molecule has 3 nitrogen and oxygen atoms in total. The summed E-state index contributed by atoms with van der Waals surface area (Å²) in [5.74, 6) is -2.19. The smallest absolute Gasteiger partial charge is 0.416 e. The normalized spacial score (nSPS) is 11.2. The standard InChI is InChI=1S/C14H9F4NO2/c15-10-3-1-2-4-12(10)19-11-6-5-8(14(16,17)18)7-9(11)13(20)21/h1-7,19H,(H,20,21). The monoisotopic (exact) mass is 299 g/mol. The van der Waals surface area contributed by atoms with Gasteiger partial charge < -0.3 is 10.4 Å². The van der Waals surface area contributed by atoms with Crippen LogP contribution in [0.15, 0.2) is 42.5 Å². The summed E-state index contributed by atoms with van der Waals surface area (Å²) in [6.45, 7) is 0.